The molecule has 0 aliphatic carbocycles. The lowest BCUT2D eigenvalue weighted by atomic mass is 9.81. The van der Waals surface area contributed by atoms with Gasteiger partial charge in [0.15, 0.2) is 0 Å². The van der Waals surface area contributed by atoms with Crippen LogP contribution in [0, 0.1) is 0 Å². The Hall–Kier alpha value is -3.63. The number of piperidine rings is 1. The molecule has 3 aromatic rings. The van der Waals surface area contributed by atoms with Gasteiger partial charge < -0.3 is 14.7 Å². The number of para-hydroxylation sites is 1. The van der Waals surface area contributed by atoms with Crippen LogP contribution in [-0.4, -0.2) is 50.1 Å². The minimum absolute atomic E-state index is 0.0994. The van der Waals surface area contributed by atoms with E-state index in [0.717, 1.165) is 43.2 Å². The van der Waals surface area contributed by atoms with Crippen LogP contribution in [-0.2, 0) is 15.9 Å². The highest BCUT2D eigenvalue weighted by Gasteiger charge is 2.46. The van der Waals surface area contributed by atoms with Crippen LogP contribution >= 0.6 is 0 Å². The minimum atomic E-state index is -5.08. The molecule has 2 aliphatic rings. The normalized spacial score (nSPS) is 16.5. The van der Waals surface area contributed by atoms with Crippen LogP contribution < -0.4 is 9.64 Å². The van der Waals surface area contributed by atoms with Crippen molar-refractivity contribution in [3.05, 3.63) is 54.5 Å². The number of halogens is 3. The fourth-order valence-electron chi connectivity index (χ4n) is 4.36. The summed E-state index contributed by atoms with van der Waals surface area (Å²) in [5.74, 6) is -1.02. The number of anilines is 1. The van der Waals surface area contributed by atoms with Gasteiger partial charge in [-0.15, -0.1) is 0 Å². The summed E-state index contributed by atoms with van der Waals surface area (Å²) in [6.07, 6.45) is 2.28. The van der Waals surface area contributed by atoms with Crippen LogP contribution in [0.4, 0.5) is 19.1 Å². The number of aromatic nitrogens is 4. The lowest BCUT2D eigenvalue weighted by Crippen LogP contribution is -2.48. The largest absolute Gasteiger partial charge is 0.490 e. The Morgan fingerprint density at radius 3 is 2.23 bits per heavy atom. The molecule has 2 aromatic heterocycles. The molecule has 8 nitrogen and oxygen atoms in total. The molecule has 0 radical (unpaired) electrons. The van der Waals surface area contributed by atoms with Gasteiger partial charge in [0.1, 0.15) is 11.4 Å². The molecular weight excluding hydrogens is 463 g/mol. The second-order valence-electron chi connectivity index (χ2n) is 9.42. The van der Waals surface area contributed by atoms with Gasteiger partial charge in [-0.3, -0.25) is 4.68 Å². The first-order valence-electron chi connectivity index (χ1n) is 11.1. The molecule has 1 aromatic carbocycles. The van der Waals surface area contributed by atoms with Gasteiger partial charge in [-0.2, -0.15) is 18.3 Å². The van der Waals surface area contributed by atoms with E-state index >= 15 is 0 Å². The van der Waals surface area contributed by atoms with Crippen LogP contribution in [0.25, 0.3) is 11.3 Å². The minimum Gasteiger partial charge on any atom is -0.482 e. The van der Waals surface area contributed by atoms with Crippen LogP contribution in [0.1, 0.15) is 39.2 Å². The van der Waals surface area contributed by atoms with E-state index in [9.17, 15) is 13.2 Å². The van der Waals surface area contributed by atoms with Crippen LogP contribution in [0.15, 0.2) is 48.9 Å². The highest BCUT2D eigenvalue weighted by molar-refractivity contribution is 5.74. The Bertz CT molecular complexity index is 1200. The lowest BCUT2D eigenvalue weighted by Gasteiger charge is -2.44. The second kappa shape index (κ2) is 8.86. The van der Waals surface area contributed by atoms with Gasteiger partial charge in [0, 0.05) is 49.5 Å². The summed E-state index contributed by atoms with van der Waals surface area (Å²) in [5, 5.41) is 11.9. The number of benzene rings is 1. The first kappa shape index (κ1) is 24.5. The van der Waals surface area contributed by atoms with E-state index in [1.807, 2.05) is 18.3 Å². The van der Waals surface area contributed by atoms with E-state index in [1.165, 1.54) is 11.3 Å². The third-order valence-electron chi connectivity index (χ3n) is 5.99. The van der Waals surface area contributed by atoms with Crippen LogP contribution in [0.3, 0.4) is 0 Å². The maximum Gasteiger partial charge on any atom is 0.490 e. The summed E-state index contributed by atoms with van der Waals surface area (Å²) in [6.45, 7) is 8.29. The van der Waals surface area contributed by atoms with Crippen molar-refractivity contribution in [1.29, 1.82) is 0 Å². The van der Waals surface area contributed by atoms with Crippen LogP contribution in [0.2, 0.25) is 0 Å². The van der Waals surface area contributed by atoms with Gasteiger partial charge in [0.2, 0.25) is 5.95 Å². The molecule has 0 saturated carbocycles. The van der Waals surface area contributed by atoms with Gasteiger partial charge >= 0.3 is 12.1 Å². The molecule has 186 valence electrons. The molecule has 1 N–H and O–H groups in total. The first-order chi connectivity index (χ1) is 16.4. The average Bonchev–Trinajstić information content (AvgIpc) is 3.28. The maximum atomic E-state index is 10.6. The molecule has 1 spiro atoms. The van der Waals surface area contributed by atoms with Gasteiger partial charge in [-0.1, -0.05) is 12.1 Å². The Kier molecular flexibility index (Phi) is 6.20. The number of hydrogen-bond acceptors (Lipinski definition) is 6. The standard InChI is InChI=1S/C22H25N5O.C2HF3O2/c1-21(2,3)27-19-16-7-4-5-8-18(16)28-22(17(19)15-25-27)9-13-26(14-10-22)20-23-11-6-12-24-20;3-2(4,5)1(6)7/h4-8,11-12,15H,9-10,13-14H2,1-3H3;(H,6,7). The predicted octanol–water partition coefficient (Wildman–Crippen LogP) is 4.62. The number of aliphatic carboxylic acids is 1. The third kappa shape index (κ3) is 4.80. The lowest BCUT2D eigenvalue weighted by molar-refractivity contribution is -0.192. The number of fused-ring (bicyclic) bond motifs is 4. The Balaban J connectivity index is 0.000000364. The number of rotatable bonds is 1. The van der Waals surface area contributed by atoms with Gasteiger partial charge in [0.05, 0.1) is 17.4 Å². The predicted molar refractivity (Wildman–Crippen MR) is 122 cm³/mol. The molecular formula is C24H26F3N5O3. The summed E-state index contributed by atoms with van der Waals surface area (Å²) >= 11 is 0. The van der Waals surface area contributed by atoms with Crippen molar-refractivity contribution >= 4 is 11.9 Å². The van der Waals surface area contributed by atoms with E-state index in [-0.39, 0.29) is 11.1 Å². The summed E-state index contributed by atoms with van der Waals surface area (Å²) < 4.78 is 40.6. The molecule has 0 amide bonds. The quantitative estimate of drug-likeness (QED) is 0.533. The molecule has 0 atom stereocenters. The summed E-state index contributed by atoms with van der Waals surface area (Å²) in [7, 11) is 0. The molecule has 11 heteroatoms. The van der Waals surface area contributed by atoms with Crippen molar-refractivity contribution in [2.45, 2.75) is 50.9 Å². The number of carbonyl (C=O) groups is 1. The molecule has 4 heterocycles. The highest BCUT2D eigenvalue weighted by Crippen LogP contribution is 2.50. The molecule has 5 rings (SSSR count). The highest BCUT2D eigenvalue weighted by atomic mass is 19.4. The zero-order valence-electron chi connectivity index (χ0n) is 19.6. The van der Waals surface area contributed by atoms with E-state index in [1.54, 1.807) is 12.4 Å². The monoisotopic (exact) mass is 489 g/mol. The summed E-state index contributed by atoms with van der Waals surface area (Å²) in [6, 6.07) is 10.2. The Morgan fingerprint density at radius 2 is 1.66 bits per heavy atom. The second-order valence-corrected chi connectivity index (χ2v) is 9.42. The van der Waals surface area contributed by atoms with Crippen molar-refractivity contribution in [3.8, 4) is 17.0 Å². The molecule has 0 bridgehead atoms. The van der Waals surface area contributed by atoms with Gasteiger partial charge in [0.25, 0.3) is 0 Å². The maximum absolute atomic E-state index is 10.6. The smallest absolute Gasteiger partial charge is 0.482 e. The number of ether oxygens (including phenoxy) is 1. The SMILES string of the molecule is CC(C)(C)n1ncc2c1-c1ccccc1OC21CCN(c2ncccn2)CC1.O=C(O)C(F)(F)F. The van der Waals surface area contributed by atoms with Gasteiger partial charge in [-0.05, 0) is 39.0 Å². The van der Waals surface area contributed by atoms with E-state index < -0.39 is 12.1 Å². The Labute approximate surface area is 200 Å². The molecule has 35 heavy (non-hydrogen) atoms. The number of hydrogen-bond donors (Lipinski definition) is 1. The average molecular weight is 489 g/mol. The molecule has 1 saturated heterocycles. The summed E-state index contributed by atoms with van der Waals surface area (Å²) in [5.41, 5.74) is 3.08. The molecule has 0 unspecified atom stereocenters. The molecule has 2 aliphatic heterocycles. The first-order valence-corrected chi connectivity index (χ1v) is 11.1. The number of carboxylic acids is 1. The number of alkyl halides is 3. The van der Waals surface area contributed by atoms with Crippen molar-refractivity contribution in [3.63, 3.8) is 0 Å². The third-order valence-corrected chi connectivity index (χ3v) is 5.99. The summed E-state index contributed by atoms with van der Waals surface area (Å²) in [4.78, 5) is 20.0. The fraction of sp³-hybridized carbons (Fsp3) is 0.417. The topological polar surface area (TPSA) is 93.4 Å². The Morgan fingerprint density at radius 1 is 1.06 bits per heavy atom. The van der Waals surface area contributed by atoms with Crippen molar-refractivity contribution in [2.24, 2.45) is 0 Å². The zero-order chi connectivity index (χ0) is 25.4. The molecule has 1 fully saturated rings. The van der Waals surface area contributed by atoms with E-state index in [2.05, 4.69) is 58.5 Å². The van der Waals surface area contributed by atoms with Crippen LogP contribution in [0.5, 0.6) is 5.75 Å². The fourth-order valence-corrected chi connectivity index (χ4v) is 4.36. The number of carboxylic acid groups (broad SMARTS) is 1. The van der Waals surface area contributed by atoms with E-state index in [4.69, 9.17) is 19.7 Å². The zero-order valence-corrected chi connectivity index (χ0v) is 19.6. The van der Waals surface area contributed by atoms with Crippen molar-refractivity contribution in [1.82, 2.24) is 19.7 Å². The van der Waals surface area contributed by atoms with Crippen molar-refractivity contribution < 1.29 is 27.8 Å². The van der Waals surface area contributed by atoms with Gasteiger partial charge in [-0.25, -0.2) is 14.8 Å². The number of nitrogens with zero attached hydrogens (tertiary/aromatic N) is 5. The van der Waals surface area contributed by atoms with E-state index in [0.29, 0.717) is 0 Å². The van der Waals surface area contributed by atoms with Crippen molar-refractivity contribution in [2.75, 3.05) is 18.0 Å².